The Labute approximate surface area is 84.9 Å². The van der Waals surface area contributed by atoms with Gasteiger partial charge in [-0.2, -0.15) is 0 Å². The number of aliphatic hydroxyl groups is 1. The third-order valence-electron chi connectivity index (χ3n) is 2.96. The molecule has 1 rings (SSSR count). The molecule has 82 valence electrons. The molecule has 4 N–H and O–H groups in total. The van der Waals surface area contributed by atoms with Crippen LogP contribution in [0.15, 0.2) is 0 Å². The van der Waals surface area contributed by atoms with E-state index in [0.717, 1.165) is 25.8 Å². The molecule has 0 saturated heterocycles. The Morgan fingerprint density at radius 3 is 2.86 bits per heavy atom. The molecule has 4 heteroatoms. The number of hydrogen-bond donors (Lipinski definition) is 3. The lowest BCUT2D eigenvalue weighted by Crippen LogP contribution is -2.35. The lowest BCUT2D eigenvalue weighted by molar-refractivity contribution is -0.121. The number of nitrogens with one attached hydrogen (secondary N) is 1. The van der Waals surface area contributed by atoms with Crippen molar-refractivity contribution < 1.29 is 9.90 Å². The van der Waals surface area contributed by atoms with Gasteiger partial charge in [0.05, 0.1) is 6.10 Å². The normalized spacial score (nSPS) is 29.0. The number of primary amides is 1. The van der Waals surface area contributed by atoms with E-state index in [1.54, 1.807) is 6.92 Å². The van der Waals surface area contributed by atoms with E-state index >= 15 is 0 Å². The molecule has 1 amide bonds. The van der Waals surface area contributed by atoms with E-state index in [0.29, 0.717) is 12.5 Å². The van der Waals surface area contributed by atoms with Crippen LogP contribution in [0.3, 0.4) is 0 Å². The van der Waals surface area contributed by atoms with Crippen molar-refractivity contribution in [3.8, 4) is 0 Å². The summed E-state index contributed by atoms with van der Waals surface area (Å²) in [5.41, 5.74) is 5.13. The van der Waals surface area contributed by atoms with Gasteiger partial charge in [-0.3, -0.25) is 4.79 Å². The Bertz CT molecular complexity index is 197. The maximum atomic E-state index is 10.7. The highest BCUT2D eigenvalue weighted by molar-refractivity contribution is 5.76. The first-order chi connectivity index (χ1) is 6.61. The van der Waals surface area contributed by atoms with Crippen LogP contribution in [0.5, 0.6) is 0 Å². The van der Waals surface area contributed by atoms with Crippen LogP contribution in [-0.2, 0) is 4.79 Å². The van der Waals surface area contributed by atoms with Crippen molar-refractivity contribution in [1.82, 2.24) is 5.32 Å². The van der Waals surface area contributed by atoms with E-state index in [1.807, 2.05) is 0 Å². The van der Waals surface area contributed by atoms with Gasteiger partial charge in [-0.05, 0) is 18.8 Å². The van der Waals surface area contributed by atoms with Crippen molar-refractivity contribution in [2.45, 2.75) is 32.3 Å². The van der Waals surface area contributed by atoms with E-state index in [-0.39, 0.29) is 17.9 Å². The molecular formula is C10H20N2O2. The van der Waals surface area contributed by atoms with E-state index in [9.17, 15) is 9.90 Å². The summed E-state index contributed by atoms with van der Waals surface area (Å²) >= 11 is 0. The molecule has 0 radical (unpaired) electrons. The Morgan fingerprint density at radius 1 is 1.64 bits per heavy atom. The number of amides is 1. The molecule has 1 saturated carbocycles. The predicted molar refractivity (Wildman–Crippen MR) is 54.6 cm³/mol. The zero-order valence-corrected chi connectivity index (χ0v) is 8.70. The molecule has 0 aliphatic heterocycles. The Morgan fingerprint density at radius 2 is 2.36 bits per heavy atom. The van der Waals surface area contributed by atoms with Crippen LogP contribution in [0, 0.1) is 11.8 Å². The summed E-state index contributed by atoms with van der Waals surface area (Å²) in [5, 5.41) is 12.7. The summed E-state index contributed by atoms with van der Waals surface area (Å²) < 4.78 is 0. The number of carbonyl (C=O) groups excluding carboxylic acids is 1. The first kappa shape index (κ1) is 11.5. The number of aliphatic hydroxyl groups excluding tert-OH is 1. The van der Waals surface area contributed by atoms with Gasteiger partial charge in [-0.15, -0.1) is 0 Å². The van der Waals surface area contributed by atoms with Crippen molar-refractivity contribution in [2.75, 3.05) is 13.1 Å². The van der Waals surface area contributed by atoms with E-state index in [4.69, 9.17) is 5.73 Å². The van der Waals surface area contributed by atoms with Crippen molar-refractivity contribution in [2.24, 2.45) is 17.6 Å². The first-order valence-corrected chi connectivity index (χ1v) is 5.29. The minimum Gasteiger partial charge on any atom is -0.393 e. The zero-order valence-electron chi connectivity index (χ0n) is 8.70. The number of nitrogens with two attached hydrogens (primary N) is 1. The second-order valence-corrected chi connectivity index (χ2v) is 4.22. The third kappa shape index (κ3) is 3.27. The van der Waals surface area contributed by atoms with Gasteiger partial charge in [0.2, 0.25) is 5.91 Å². The van der Waals surface area contributed by atoms with Crippen molar-refractivity contribution in [1.29, 1.82) is 0 Å². The zero-order chi connectivity index (χ0) is 10.6. The lowest BCUT2D eigenvalue weighted by atomic mass is 10.1. The molecule has 0 heterocycles. The summed E-state index contributed by atoms with van der Waals surface area (Å²) in [7, 11) is 0. The Balaban J connectivity index is 2.11. The minimum atomic E-state index is -0.274. The maximum absolute atomic E-state index is 10.7. The second kappa shape index (κ2) is 5.32. The minimum absolute atomic E-state index is 0.131. The Hall–Kier alpha value is -0.610. The number of rotatable bonds is 5. The average molecular weight is 200 g/mol. The molecule has 0 spiro atoms. The predicted octanol–water partition coefficient (Wildman–Crippen LogP) is -0.142. The lowest BCUT2D eigenvalue weighted by Gasteiger charge is -2.16. The van der Waals surface area contributed by atoms with Gasteiger partial charge in [0.25, 0.3) is 0 Å². The van der Waals surface area contributed by atoms with E-state index < -0.39 is 0 Å². The maximum Gasteiger partial charge on any atom is 0.221 e. The van der Waals surface area contributed by atoms with Gasteiger partial charge in [0.1, 0.15) is 0 Å². The molecule has 0 aromatic rings. The fraction of sp³-hybridized carbons (Fsp3) is 0.900. The largest absolute Gasteiger partial charge is 0.393 e. The molecule has 0 aromatic heterocycles. The molecule has 1 aliphatic carbocycles. The summed E-state index contributed by atoms with van der Waals surface area (Å²) in [5.74, 6) is -0.0481. The van der Waals surface area contributed by atoms with Crippen LogP contribution in [0.1, 0.15) is 26.2 Å². The smallest absolute Gasteiger partial charge is 0.221 e. The third-order valence-corrected chi connectivity index (χ3v) is 2.96. The van der Waals surface area contributed by atoms with Crippen molar-refractivity contribution in [3.05, 3.63) is 0 Å². The first-order valence-electron chi connectivity index (χ1n) is 5.29. The molecule has 0 bridgehead atoms. The summed E-state index contributed by atoms with van der Waals surface area (Å²) in [6.45, 7) is 3.21. The van der Waals surface area contributed by atoms with E-state index in [1.165, 1.54) is 0 Å². The Kier molecular flexibility index (Phi) is 4.35. The SMILES string of the molecule is CC(CNCC1CCCC1O)C(N)=O. The average Bonchev–Trinajstić information content (AvgIpc) is 2.51. The highest BCUT2D eigenvalue weighted by Crippen LogP contribution is 2.24. The van der Waals surface area contributed by atoms with Gasteiger partial charge in [-0.25, -0.2) is 0 Å². The van der Waals surface area contributed by atoms with Crippen LogP contribution in [0.25, 0.3) is 0 Å². The quantitative estimate of drug-likeness (QED) is 0.578. The van der Waals surface area contributed by atoms with Crippen LogP contribution < -0.4 is 11.1 Å². The van der Waals surface area contributed by atoms with Gasteiger partial charge in [0.15, 0.2) is 0 Å². The van der Waals surface area contributed by atoms with Crippen molar-refractivity contribution in [3.63, 3.8) is 0 Å². The summed E-state index contributed by atoms with van der Waals surface area (Å²) in [6, 6.07) is 0. The molecule has 4 nitrogen and oxygen atoms in total. The molecule has 1 aliphatic rings. The second-order valence-electron chi connectivity index (χ2n) is 4.22. The number of hydrogen-bond acceptors (Lipinski definition) is 3. The fourth-order valence-electron chi connectivity index (χ4n) is 1.84. The monoisotopic (exact) mass is 200 g/mol. The molecular weight excluding hydrogens is 180 g/mol. The highest BCUT2D eigenvalue weighted by Gasteiger charge is 2.24. The molecule has 3 atom stereocenters. The van der Waals surface area contributed by atoms with Gasteiger partial charge < -0.3 is 16.2 Å². The van der Waals surface area contributed by atoms with Gasteiger partial charge in [0, 0.05) is 19.0 Å². The van der Waals surface area contributed by atoms with Crippen LogP contribution >= 0.6 is 0 Å². The molecule has 0 aromatic carbocycles. The van der Waals surface area contributed by atoms with Crippen LogP contribution in [0.4, 0.5) is 0 Å². The summed E-state index contributed by atoms with van der Waals surface area (Å²) in [4.78, 5) is 10.7. The van der Waals surface area contributed by atoms with Gasteiger partial charge >= 0.3 is 0 Å². The van der Waals surface area contributed by atoms with Crippen LogP contribution in [-0.4, -0.2) is 30.2 Å². The fourth-order valence-corrected chi connectivity index (χ4v) is 1.84. The molecule has 3 unspecified atom stereocenters. The topological polar surface area (TPSA) is 75.3 Å². The number of carbonyl (C=O) groups is 1. The molecule has 1 fully saturated rings. The van der Waals surface area contributed by atoms with Crippen molar-refractivity contribution >= 4 is 5.91 Å². The molecule has 14 heavy (non-hydrogen) atoms. The van der Waals surface area contributed by atoms with Crippen LogP contribution in [0.2, 0.25) is 0 Å². The van der Waals surface area contributed by atoms with Gasteiger partial charge in [-0.1, -0.05) is 13.3 Å². The highest BCUT2D eigenvalue weighted by atomic mass is 16.3. The summed E-state index contributed by atoms with van der Waals surface area (Å²) in [6.07, 6.45) is 2.95. The van der Waals surface area contributed by atoms with E-state index in [2.05, 4.69) is 5.32 Å². The standard InChI is InChI=1S/C10H20N2O2/c1-7(10(11)14)5-12-6-8-3-2-4-9(8)13/h7-9,12-13H,2-6H2,1H3,(H2,11,14).